The minimum atomic E-state index is -1.96. The number of nitrogens with zero attached hydrogens (tertiary/aromatic N) is 3. The summed E-state index contributed by atoms with van der Waals surface area (Å²) in [5.74, 6) is -1.40. The number of aliphatic hydroxyl groups is 2. The standard InChI is InChI=1S/C29H30FN3O6/c1-5-29(38)19-10-22-25-17(12-32(22)26(36)18(19)13-39-27(29)37)24-23-16(14(2)20(30)11-21(23)31-25)6-7-28(24,4)33(8-9-34)15(3)35/h10-11,34,38H,5-9,12-13H2,1-4H3/t28?,29-/m0/s1. The van der Waals surface area contributed by atoms with Crippen LogP contribution in [0.25, 0.3) is 22.3 Å². The van der Waals surface area contributed by atoms with Crippen LogP contribution in [0, 0.1) is 12.7 Å². The largest absolute Gasteiger partial charge is 0.458 e. The third-order valence-corrected chi connectivity index (χ3v) is 9.00. The van der Waals surface area contributed by atoms with Gasteiger partial charge in [0, 0.05) is 36.0 Å². The van der Waals surface area contributed by atoms with Crippen LogP contribution in [0.15, 0.2) is 16.9 Å². The van der Waals surface area contributed by atoms with Crippen molar-refractivity contribution in [3.05, 3.63) is 61.7 Å². The molecule has 1 amide bonds. The van der Waals surface area contributed by atoms with Gasteiger partial charge in [0.1, 0.15) is 12.4 Å². The van der Waals surface area contributed by atoms with Gasteiger partial charge >= 0.3 is 5.97 Å². The number of benzene rings is 1. The molecule has 1 aromatic carbocycles. The third-order valence-electron chi connectivity index (χ3n) is 9.00. The number of aryl methyl sites for hydroxylation is 1. The summed E-state index contributed by atoms with van der Waals surface area (Å²) in [5, 5.41) is 21.8. The van der Waals surface area contributed by atoms with Gasteiger partial charge in [0.05, 0.1) is 41.2 Å². The molecule has 0 bridgehead atoms. The van der Waals surface area contributed by atoms with Crippen molar-refractivity contribution in [3.63, 3.8) is 0 Å². The Morgan fingerprint density at radius 3 is 2.67 bits per heavy atom. The van der Waals surface area contributed by atoms with Crippen LogP contribution in [-0.4, -0.2) is 49.7 Å². The average molecular weight is 536 g/mol. The van der Waals surface area contributed by atoms with E-state index >= 15 is 4.39 Å². The first-order valence-corrected chi connectivity index (χ1v) is 13.2. The van der Waals surface area contributed by atoms with Gasteiger partial charge < -0.3 is 24.4 Å². The number of halogens is 1. The Morgan fingerprint density at radius 1 is 1.26 bits per heavy atom. The highest BCUT2D eigenvalue weighted by atomic mass is 19.1. The van der Waals surface area contributed by atoms with Crippen LogP contribution in [0.5, 0.6) is 0 Å². The van der Waals surface area contributed by atoms with E-state index in [4.69, 9.17) is 9.72 Å². The predicted octanol–water partition coefficient (Wildman–Crippen LogP) is 2.53. The molecule has 10 heteroatoms. The lowest BCUT2D eigenvalue weighted by Crippen LogP contribution is -2.50. The Bertz CT molecular complexity index is 1680. The van der Waals surface area contributed by atoms with Crippen molar-refractivity contribution >= 4 is 22.8 Å². The Morgan fingerprint density at radius 2 is 2.00 bits per heavy atom. The molecule has 2 aromatic heterocycles. The zero-order chi connectivity index (χ0) is 28.0. The summed E-state index contributed by atoms with van der Waals surface area (Å²) in [6, 6.07) is 3.01. The van der Waals surface area contributed by atoms with E-state index in [0.29, 0.717) is 35.3 Å². The number of ether oxygens (including phenoxy) is 1. The number of fused-ring (bicyclic) bond motifs is 5. The molecule has 0 spiro atoms. The molecular formula is C29H30FN3O6. The molecule has 1 aliphatic carbocycles. The molecule has 0 radical (unpaired) electrons. The third kappa shape index (κ3) is 3.24. The molecule has 3 aliphatic rings. The zero-order valence-corrected chi connectivity index (χ0v) is 22.4. The lowest BCUT2D eigenvalue weighted by molar-refractivity contribution is -0.172. The predicted molar refractivity (Wildman–Crippen MR) is 139 cm³/mol. The molecule has 2 atom stereocenters. The first kappa shape index (κ1) is 25.6. The molecule has 2 aliphatic heterocycles. The topological polar surface area (TPSA) is 122 Å². The van der Waals surface area contributed by atoms with Crippen molar-refractivity contribution < 1.29 is 28.9 Å². The summed E-state index contributed by atoms with van der Waals surface area (Å²) in [5.41, 5.74) is 1.33. The number of carbonyl (C=O) groups excluding carboxylic acids is 2. The first-order valence-electron chi connectivity index (χ1n) is 13.2. The van der Waals surface area contributed by atoms with Crippen molar-refractivity contribution in [2.75, 3.05) is 13.2 Å². The van der Waals surface area contributed by atoms with Crippen molar-refractivity contribution in [1.29, 1.82) is 0 Å². The number of cyclic esters (lactones) is 1. The number of aromatic nitrogens is 2. The second kappa shape index (κ2) is 8.43. The van der Waals surface area contributed by atoms with Gasteiger partial charge in [-0.05, 0) is 55.9 Å². The van der Waals surface area contributed by atoms with Crippen LogP contribution < -0.4 is 5.56 Å². The maximum Gasteiger partial charge on any atom is 0.343 e. The van der Waals surface area contributed by atoms with Gasteiger partial charge in [-0.3, -0.25) is 9.59 Å². The fourth-order valence-corrected chi connectivity index (χ4v) is 6.91. The first-order chi connectivity index (χ1) is 18.5. The summed E-state index contributed by atoms with van der Waals surface area (Å²) < 4.78 is 21.8. The van der Waals surface area contributed by atoms with E-state index in [1.165, 1.54) is 13.0 Å². The number of rotatable bonds is 4. The fraction of sp³-hybridized carbons (Fsp3) is 0.448. The van der Waals surface area contributed by atoms with Gasteiger partial charge in [0.15, 0.2) is 5.60 Å². The molecule has 0 saturated carbocycles. The van der Waals surface area contributed by atoms with Gasteiger partial charge in [-0.2, -0.15) is 0 Å². The quantitative estimate of drug-likeness (QED) is 0.385. The van der Waals surface area contributed by atoms with Crippen LogP contribution in [0.4, 0.5) is 4.39 Å². The number of carbonyl (C=O) groups is 2. The van der Waals surface area contributed by atoms with Crippen molar-refractivity contribution in [1.82, 2.24) is 14.5 Å². The SMILES string of the molecule is CC[C@@]1(O)C(=O)OCc2c1cc1n(c2=O)Cc2c-1nc1cc(F)c(C)c3c1c2C(C)(N(CCO)C(C)=O)CC3. The number of amides is 1. The molecule has 4 heterocycles. The summed E-state index contributed by atoms with van der Waals surface area (Å²) in [6.45, 7) is 6.58. The van der Waals surface area contributed by atoms with Gasteiger partial charge in [-0.1, -0.05) is 6.92 Å². The Labute approximate surface area is 223 Å². The molecule has 3 aromatic rings. The van der Waals surface area contributed by atoms with E-state index in [0.717, 1.165) is 22.1 Å². The van der Waals surface area contributed by atoms with E-state index in [2.05, 4.69) is 0 Å². The maximum absolute atomic E-state index is 15.1. The molecule has 0 saturated heterocycles. The summed E-state index contributed by atoms with van der Waals surface area (Å²) in [7, 11) is 0. The number of hydrogen-bond donors (Lipinski definition) is 2. The normalized spacial score (nSPS) is 22.8. The monoisotopic (exact) mass is 535 g/mol. The molecule has 2 N–H and O–H groups in total. The molecule has 9 nitrogen and oxygen atoms in total. The molecule has 204 valence electrons. The van der Waals surface area contributed by atoms with Gasteiger partial charge in [0.2, 0.25) is 5.91 Å². The summed E-state index contributed by atoms with van der Waals surface area (Å²) >= 11 is 0. The lowest BCUT2D eigenvalue weighted by atomic mass is 9.73. The van der Waals surface area contributed by atoms with Gasteiger partial charge in [0.25, 0.3) is 5.56 Å². The number of aliphatic hydroxyl groups excluding tert-OH is 1. The van der Waals surface area contributed by atoms with Crippen molar-refractivity contribution in [2.24, 2.45) is 0 Å². The van der Waals surface area contributed by atoms with Crippen LogP contribution in [0.1, 0.15) is 67.0 Å². The van der Waals surface area contributed by atoms with Crippen molar-refractivity contribution in [3.8, 4) is 11.4 Å². The van der Waals surface area contributed by atoms with Crippen LogP contribution in [0.2, 0.25) is 0 Å². The smallest absolute Gasteiger partial charge is 0.343 e. The molecule has 1 unspecified atom stereocenters. The summed E-state index contributed by atoms with van der Waals surface area (Å²) in [4.78, 5) is 45.7. The minimum Gasteiger partial charge on any atom is -0.458 e. The van der Waals surface area contributed by atoms with Crippen molar-refractivity contribution in [2.45, 2.75) is 71.2 Å². The zero-order valence-electron chi connectivity index (χ0n) is 22.4. The van der Waals surface area contributed by atoms with E-state index in [-0.39, 0.29) is 55.6 Å². The lowest BCUT2D eigenvalue weighted by Gasteiger charge is -2.45. The number of hydrogen-bond acceptors (Lipinski definition) is 7. The van der Waals surface area contributed by atoms with Crippen LogP contribution in [0.3, 0.4) is 0 Å². The minimum absolute atomic E-state index is 0.0195. The molecular weight excluding hydrogens is 505 g/mol. The highest BCUT2D eigenvalue weighted by molar-refractivity contribution is 5.94. The summed E-state index contributed by atoms with van der Waals surface area (Å²) in [6.07, 6.45) is 1.03. The highest BCUT2D eigenvalue weighted by Gasteiger charge is 2.47. The Kier molecular flexibility index (Phi) is 5.54. The number of pyridine rings is 2. The Balaban J connectivity index is 1.71. The van der Waals surface area contributed by atoms with Crippen LogP contribution >= 0.6 is 0 Å². The maximum atomic E-state index is 15.1. The Hall–Kier alpha value is -3.63. The molecule has 6 rings (SSSR count). The van der Waals surface area contributed by atoms with E-state index in [9.17, 15) is 24.6 Å². The fourth-order valence-electron chi connectivity index (χ4n) is 6.91. The second-order valence-electron chi connectivity index (χ2n) is 10.9. The average Bonchev–Trinajstić information content (AvgIpc) is 3.27. The van der Waals surface area contributed by atoms with Gasteiger partial charge in [-0.25, -0.2) is 14.2 Å². The molecule has 39 heavy (non-hydrogen) atoms. The molecule has 0 fully saturated rings. The van der Waals surface area contributed by atoms with E-state index < -0.39 is 22.7 Å². The van der Waals surface area contributed by atoms with Crippen LogP contribution in [-0.2, 0) is 45.0 Å². The van der Waals surface area contributed by atoms with E-state index in [1.807, 2.05) is 6.92 Å². The highest BCUT2D eigenvalue weighted by Crippen LogP contribution is 2.50. The van der Waals surface area contributed by atoms with Gasteiger partial charge in [-0.15, -0.1) is 0 Å². The second-order valence-corrected chi connectivity index (χ2v) is 10.9. The number of esters is 1. The van der Waals surface area contributed by atoms with E-state index in [1.54, 1.807) is 29.4 Å².